The van der Waals surface area contributed by atoms with Crippen molar-refractivity contribution >= 4 is 41.5 Å². The van der Waals surface area contributed by atoms with Gasteiger partial charge in [0.15, 0.2) is 5.96 Å². The lowest BCUT2D eigenvalue weighted by atomic mass is 10.0. The molecule has 0 radical (unpaired) electrons. The molecular weight excluding hydrogens is 439 g/mol. The molecule has 1 amide bonds. The first-order chi connectivity index (χ1) is 12.0. The first-order valence-electron chi connectivity index (χ1n) is 8.52. The Hall–Kier alpha value is -2.09. The summed E-state index contributed by atoms with van der Waals surface area (Å²) in [5.41, 5.74) is 9.10. The van der Waals surface area contributed by atoms with Crippen LogP contribution in [0.25, 0.3) is 0 Å². The van der Waals surface area contributed by atoms with Crippen molar-refractivity contribution in [2.24, 2.45) is 10.7 Å². The van der Waals surface area contributed by atoms with Gasteiger partial charge in [0.2, 0.25) is 5.91 Å². The highest BCUT2D eigenvalue weighted by molar-refractivity contribution is 14.0. The maximum absolute atomic E-state index is 11.8. The fourth-order valence-corrected chi connectivity index (χ4v) is 2.33. The molecule has 2 aromatic rings. The molecule has 2 aromatic carbocycles. The number of benzene rings is 2. The van der Waals surface area contributed by atoms with E-state index in [1.807, 2.05) is 42.5 Å². The molecule has 0 aromatic heterocycles. The summed E-state index contributed by atoms with van der Waals surface area (Å²) in [4.78, 5) is 16.0. The van der Waals surface area contributed by atoms with Crippen LogP contribution in [0.2, 0.25) is 0 Å². The third kappa shape index (κ3) is 7.86. The topological polar surface area (TPSA) is 79.5 Å². The van der Waals surface area contributed by atoms with E-state index in [-0.39, 0.29) is 29.9 Å². The smallest absolute Gasteiger partial charge is 0.222 e. The molecule has 0 aliphatic carbocycles. The number of guanidine groups is 1. The number of hydrogen-bond donors (Lipinski definition) is 3. The number of rotatable bonds is 7. The van der Waals surface area contributed by atoms with Gasteiger partial charge in [-0.05, 0) is 29.2 Å². The van der Waals surface area contributed by atoms with Gasteiger partial charge in [-0.15, -0.1) is 24.0 Å². The molecule has 4 N–H and O–H groups in total. The third-order valence-corrected chi connectivity index (χ3v) is 3.78. The van der Waals surface area contributed by atoms with Crippen molar-refractivity contribution in [2.45, 2.75) is 32.7 Å². The summed E-state index contributed by atoms with van der Waals surface area (Å²) in [6.45, 7) is 5.16. The quantitative estimate of drug-likeness (QED) is 0.330. The number of amides is 1. The van der Waals surface area contributed by atoms with E-state index in [4.69, 9.17) is 5.73 Å². The number of hydrogen-bond acceptors (Lipinski definition) is 2. The highest BCUT2D eigenvalue weighted by Gasteiger charge is 2.03. The molecule has 0 saturated carbocycles. The number of halogens is 1. The van der Waals surface area contributed by atoms with Crippen LogP contribution in [0.15, 0.2) is 59.6 Å². The van der Waals surface area contributed by atoms with Gasteiger partial charge in [-0.25, -0.2) is 0 Å². The predicted molar refractivity (Wildman–Crippen MR) is 119 cm³/mol. The molecule has 0 unspecified atom stereocenters. The van der Waals surface area contributed by atoms with Gasteiger partial charge in [-0.1, -0.05) is 56.3 Å². The zero-order valence-corrected chi connectivity index (χ0v) is 17.6. The van der Waals surface area contributed by atoms with Crippen LogP contribution in [0, 0.1) is 0 Å². The van der Waals surface area contributed by atoms with E-state index in [1.165, 1.54) is 5.56 Å². The van der Waals surface area contributed by atoms with Gasteiger partial charge in [0.05, 0.1) is 6.54 Å². The molecule has 0 fully saturated rings. The first-order valence-corrected chi connectivity index (χ1v) is 8.52. The first kappa shape index (κ1) is 22.0. The summed E-state index contributed by atoms with van der Waals surface area (Å²) in [5, 5.41) is 5.94. The van der Waals surface area contributed by atoms with E-state index < -0.39 is 0 Å². The molecular formula is C20H27IN4O. The normalized spacial score (nSPS) is 11.0. The fraction of sp³-hybridized carbons (Fsp3) is 0.300. The monoisotopic (exact) mass is 466 g/mol. The molecule has 0 saturated heterocycles. The number of nitrogens with zero attached hydrogens (tertiary/aromatic N) is 1. The van der Waals surface area contributed by atoms with E-state index in [1.54, 1.807) is 0 Å². The van der Waals surface area contributed by atoms with Crippen LogP contribution in [-0.4, -0.2) is 18.4 Å². The summed E-state index contributed by atoms with van der Waals surface area (Å²) in [6.07, 6.45) is 0.307. The van der Waals surface area contributed by atoms with E-state index in [0.29, 0.717) is 31.4 Å². The molecule has 0 aliphatic heterocycles. The summed E-state index contributed by atoms with van der Waals surface area (Å²) in [6, 6.07) is 17.9. The Morgan fingerprint density at radius 1 is 1.12 bits per heavy atom. The van der Waals surface area contributed by atoms with E-state index >= 15 is 0 Å². The zero-order valence-electron chi connectivity index (χ0n) is 15.2. The Morgan fingerprint density at radius 3 is 2.54 bits per heavy atom. The zero-order chi connectivity index (χ0) is 18.1. The van der Waals surface area contributed by atoms with Crippen molar-refractivity contribution in [1.82, 2.24) is 5.32 Å². The predicted octanol–water partition coefficient (Wildman–Crippen LogP) is 3.86. The number of nitrogens with one attached hydrogen (secondary N) is 2. The Morgan fingerprint density at radius 2 is 1.85 bits per heavy atom. The number of carbonyl (C=O) groups excluding carboxylic acids is 1. The van der Waals surface area contributed by atoms with Crippen LogP contribution >= 0.6 is 24.0 Å². The summed E-state index contributed by atoms with van der Waals surface area (Å²) < 4.78 is 0. The van der Waals surface area contributed by atoms with Crippen molar-refractivity contribution in [3.8, 4) is 0 Å². The van der Waals surface area contributed by atoms with Gasteiger partial charge in [-0.2, -0.15) is 0 Å². The summed E-state index contributed by atoms with van der Waals surface area (Å²) in [7, 11) is 0. The Kier molecular flexibility index (Phi) is 9.72. The van der Waals surface area contributed by atoms with Crippen LogP contribution in [0.3, 0.4) is 0 Å². The minimum absolute atomic E-state index is 0. The highest BCUT2D eigenvalue weighted by atomic mass is 127. The minimum atomic E-state index is -0.0396. The van der Waals surface area contributed by atoms with E-state index in [2.05, 4.69) is 41.6 Å². The van der Waals surface area contributed by atoms with Gasteiger partial charge >= 0.3 is 0 Å². The second-order valence-electron chi connectivity index (χ2n) is 6.18. The minimum Gasteiger partial charge on any atom is -0.370 e. The number of anilines is 1. The average molecular weight is 466 g/mol. The lowest BCUT2D eigenvalue weighted by molar-refractivity contribution is -0.121. The molecule has 0 aliphatic rings. The molecule has 140 valence electrons. The summed E-state index contributed by atoms with van der Waals surface area (Å²) >= 11 is 0. The van der Waals surface area contributed by atoms with Crippen LogP contribution in [0.4, 0.5) is 5.69 Å². The highest BCUT2D eigenvalue weighted by Crippen LogP contribution is 2.18. The van der Waals surface area contributed by atoms with Crippen molar-refractivity contribution in [1.29, 1.82) is 0 Å². The Balaban J connectivity index is 0.00000338. The van der Waals surface area contributed by atoms with E-state index in [0.717, 1.165) is 11.3 Å². The van der Waals surface area contributed by atoms with Crippen LogP contribution in [0.1, 0.15) is 37.3 Å². The van der Waals surface area contributed by atoms with Gasteiger partial charge in [0.1, 0.15) is 0 Å². The SMILES string of the molecule is CC(C)c1cccc(NC(N)=NCCC(=O)NCc2ccccc2)c1.I. The maximum Gasteiger partial charge on any atom is 0.222 e. The molecule has 5 nitrogen and oxygen atoms in total. The largest absolute Gasteiger partial charge is 0.370 e. The van der Waals surface area contributed by atoms with Crippen molar-refractivity contribution in [3.05, 3.63) is 65.7 Å². The number of aliphatic imine (C=N–C) groups is 1. The molecule has 26 heavy (non-hydrogen) atoms. The van der Waals surface area contributed by atoms with Gasteiger partial charge in [-0.3, -0.25) is 9.79 Å². The van der Waals surface area contributed by atoms with E-state index in [9.17, 15) is 4.79 Å². The number of nitrogens with two attached hydrogens (primary N) is 1. The molecule has 0 bridgehead atoms. The van der Waals surface area contributed by atoms with Gasteiger partial charge in [0.25, 0.3) is 0 Å². The average Bonchev–Trinajstić information content (AvgIpc) is 2.61. The molecule has 0 heterocycles. The molecule has 6 heteroatoms. The number of carbonyl (C=O) groups is 1. The Labute approximate surface area is 172 Å². The van der Waals surface area contributed by atoms with Gasteiger partial charge in [0, 0.05) is 18.7 Å². The van der Waals surface area contributed by atoms with Crippen molar-refractivity contribution in [2.75, 3.05) is 11.9 Å². The standard InChI is InChI=1S/C20H26N4O.HI/c1-15(2)17-9-6-10-18(13-17)24-20(21)22-12-11-19(25)23-14-16-7-4-3-5-8-16;/h3-10,13,15H,11-12,14H2,1-2H3,(H,23,25)(H3,21,22,24);1H. The van der Waals surface area contributed by atoms with Crippen LogP contribution in [-0.2, 0) is 11.3 Å². The molecule has 0 spiro atoms. The second kappa shape index (κ2) is 11.5. The van der Waals surface area contributed by atoms with Crippen LogP contribution < -0.4 is 16.4 Å². The van der Waals surface area contributed by atoms with Gasteiger partial charge < -0.3 is 16.4 Å². The third-order valence-electron chi connectivity index (χ3n) is 3.78. The van der Waals surface area contributed by atoms with Crippen molar-refractivity contribution in [3.63, 3.8) is 0 Å². The fourth-order valence-electron chi connectivity index (χ4n) is 2.33. The van der Waals surface area contributed by atoms with Crippen LogP contribution in [0.5, 0.6) is 0 Å². The van der Waals surface area contributed by atoms with Crippen molar-refractivity contribution < 1.29 is 4.79 Å². The maximum atomic E-state index is 11.8. The lowest BCUT2D eigenvalue weighted by Gasteiger charge is -2.10. The summed E-state index contributed by atoms with van der Waals surface area (Å²) in [5.74, 6) is 0.729. The Bertz CT molecular complexity index is 717. The second-order valence-corrected chi connectivity index (χ2v) is 6.18. The lowest BCUT2D eigenvalue weighted by Crippen LogP contribution is -2.25. The molecule has 2 rings (SSSR count). The molecule has 0 atom stereocenters.